The van der Waals surface area contributed by atoms with Crippen LogP contribution in [0.15, 0.2) is 22.7 Å². The van der Waals surface area contributed by atoms with Crippen molar-refractivity contribution in [1.29, 1.82) is 0 Å². The van der Waals surface area contributed by atoms with E-state index in [1.54, 1.807) is 18.2 Å². The summed E-state index contributed by atoms with van der Waals surface area (Å²) < 4.78 is 26.8. The first-order chi connectivity index (χ1) is 6.40. The van der Waals surface area contributed by atoms with Crippen LogP contribution < -0.4 is 0 Å². The highest BCUT2D eigenvalue weighted by atomic mass is 79.9. The number of rotatable bonds is 3. The molecule has 0 aliphatic rings. The molecule has 0 saturated carbocycles. The van der Waals surface area contributed by atoms with E-state index in [1.807, 2.05) is 0 Å². The van der Waals surface area contributed by atoms with E-state index >= 15 is 0 Å². The fourth-order valence-electron chi connectivity index (χ4n) is 0.830. The molecule has 0 spiro atoms. The van der Waals surface area contributed by atoms with E-state index in [0.717, 1.165) is 6.26 Å². The van der Waals surface area contributed by atoms with Gasteiger partial charge in [-0.1, -0.05) is 23.7 Å². The van der Waals surface area contributed by atoms with Crippen LogP contribution in [-0.2, 0) is 20.9 Å². The summed E-state index contributed by atoms with van der Waals surface area (Å²) in [7, 11) is -3.43. The number of halogens is 2. The van der Waals surface area contributed by atoms with Crippen LogP contribution in [0.25, 0.3) is 0 Å². The van der Waals surface area contributed by atoms with Crippen LogP contribution in [0.4, 0.5) is 0 Å². The Morgan fingerprint density at radius 1 is 1.50 bits per heavy atom. The van der Waals surface area contributed by atoms with Gasteiger partial charge in [0.15, 0.2) is 0 Å². The van der Waals surface area contributed by atoms with Gasteiger partial charge in [-0.15, -0.1) is 0 Å². The summed E-state index contributed by atoms with van der Waals surface area (Å²) in [5.41, 5.74) is 0.631. The maximum Gasteiger partial charge on any atom is 0.264 e. The molecule has 78 valence electrons. The molecule has 1 aromatic rings. The zero-order valence-electron chi connectivity index (χ0n) is 7.33. The second-order valence-corrected chi connectivity index (χ2v) is 5.56. The molecule has 0 atom stereocenters. The lowest BCUT2D eigenvalue weighted by Gasteiger charge is -2.05. The molecular weight excluding hydrogens is 292 g/mol. The summed E-state index contributed by atoms with van der Waals surface area (Å²) in [5.74, 6) is 0. The molecule has 0 fully saturated rings. The molecule has 3 nitrogen and oxygen atoms in total. The van der Waals surface area contributed by atoms with Crippen molar-refractivity contribution in [2.45, 2.75) is 6.61 Å². The second kappa shape index (κ2) is 4.61. The Bertz CT molecular complexity index is 430. The van der Waals surface area contributed by atoms with Crippen LogP contribution >= 0.6 is 27.5 Å². The molecule has 0 heterocycles. The van der Waals surface area contributed by atoms with Gasteiger partial charge in [0, 0.05) is 4.47 Å². The van der Waals surface area contributed by atoms with Crippen LogP contribution in [0.1, 0.15) is 5.56 Å². The van der Waals surface area contributed by atoms with Gasteiger partial charge >= 0.3 is 0 Å². The molecule has 0 amide bonds. The van der Waals surface area contributed by atoms with Crippen molar-refractivity contribution in [3.05, 3.63) is 33.3 Å². The summed E-state index contributed by atoms with van der Waals surface area (Å²) in [6, 6.07) is 5.24. The molecular formula is C8H8BrClO3S. The molecule has 0 bridgehead atoms. The first kappa shape index (κ1) is 12.0. The van der Waals surface area contributed by atoms with Gasteiger partial charge in [0.05, 0.1) is 17.9 Å². The summed E-state index contributed by atoms with van der Waals surface area (Å²) in [5, 5.41) is 0.469. The number of hydrogen-bond donors (Lipinski definition) is 0. The summed E-state index contributed by atoms with van der Waals surface area (Å²) in [6.07, 6.45) is 0.999. The van der Waals surface area contributed by atoms with E-state index in [9.17, 15) is 8.42 Å². The molecule has 1 rings (SSSR count). The summed E-state index contributed by atoms with van der Waals surface area (Å²) in [4.78, 5) is 0. The molecule has 0 aliphatic heterocycles. The minimum Gasteiger partial charge on any atom is -0.265 e. The summed E-state index contributed by atoms with van der Waals surface area (Å²) in [6.45, 7) is -0.0445. The highest BCUT2D eigenvalue weighted by molar-refractivity contribution is 9.10. The molecule has 6 heteroatoms. The molecule has 0 aliphatic carbocycles. The summed E-state index contributed by atoms with van der Waals surface area (Å²) >= 11 is 9.13. The van der Waals surface area contributed by atoms with Gasteiger partial charge in [0.1, 0.15) is 0 Å². The van der Waals surface area contributed by atoms with Gasteiger partial charge in [0.2, 0.25) is 0 Å². The Morgan fingerprint density at radius 3 is 2.71 bits per heavy atom. The van der Waals surface area contributed by atoms with Crippen molar-refractivity contribution in [3.63, 3.8) is 0 Å². The van der Waals surface area contributed by atoms with Crippen LogP contribution in [0, 0.1) is 0 Å². The average Bonchev–Trinajstić information content (AvgIpc) is 2.06. The predicted octanol–water partition coefficient (Wildman–Crippen LogP) is 2.58. The molecule has 0 unspecified atom stereocenters. The van der Waals surface area contributed by atoms with Crippen LogP contribution in [-0.4, -0.2) is 14.7 Å². The van der Waals surface area contributed by atoms with Gasteiger partial charge in [-0.25, -0.2) is 0 Å². The SMILES string of the molecule is CS(=O)(=O)OCc1cccc(Br)c1Cl. The first-order valence-electron chi connectivity index (χ1n) is 3.67. The van der Waals surface area contributed by atoms with Gasteiger partial charge < -0.3 is 0 Å². The quantitative estimate of drug-likeness (QED) is 0.806. The molecule has 0 N–H and O–H groups in total. The van der Waals surface area contributed by atoms with Crippen molar-refractivity contribution in [2.24, 2.45) is 0 Å². The maximum atomic E-state index is 10.7. The Kier molecular flexibility index (Phi) is 3.94. The highest BCUT2D eigenvalue weighted by Gasteiger charge is 2.07. The topological polar surface area (TPSA) is 43.4 Å². The fourth-order valence-corrected chi connectivity index (χ4v) is 1.76. The Morgan fingerprint density at radius 2 is 2.14 bits per heavy atom. The molecule has 0 aromatic heterocycles. The lowest BCUT2D eigenvalue weighted by atomic mass is 10.2. The van der Waals surface area contributed by atoms with Crippen molar-refractivity contribution < 1.29 is 12.6 Å². The fraction of sp³-hybridized carbons (Fsp3) is 0.250. The van der Waals surface area contributed by atoms with Gasteiger partial charge in [-0.2, -0.15) is 8.42 Å². The van der Waals surface area contributed by atoms with Gasteiger partial charge in [-0.05, 0) is 27.6 Å². The van der Waals surface area contributed by atoms with E-state index in [1.165, 1.54) is 0 Å². The van der Waals surface area contributed by atoms with Crippen molar-refractivity contribution in [2.75, 3.05) is 6.26 Å². The normalized spacial score (nSPS) is 11.6. The number of benzene rings is 1. The van der Waals surface area contributed by atoms with Crippen molar-refractivity contribution in [3.8, 4) is 0 Å². The van der Waals surface area contributed by atoms with Crippen molar-refractivity contribution >= 4 is 37.6 Å². The van der Waals surface area contributed by atoms with E-state index in [-0.39, 0.29) is 6.61 Å². The lowest BCUT2D eigenvalue weighted by Crippen LogP contribution is -2.03. The second-order valence-electron chi connectivity index (χ2n) is 2.68. The third kappa shape index (κ3) is 3.57. The van der Waals surface area contributed by atoms with Crippen molar-refractivity contribution in [1.82, 2.24) is 0 Å². The third-order valence-electron chi connectivity index (χ3n) is 1.46. The monoisotopic (exact) mass is 298 g/mol. The largest absolute Gasteiger partial charge is 0.265 e. The van der Waals surface area contributed by atoms with E-state index in [2.05, 4.69) is 20.1 Å². The van der Waals surface area contributed by atoms with Gasteiger partial charge in [-0.3, -0.25) is 4.18 Å². The average molecular weight is 300 g/mol. The Hall–Kier alpha value is -0.100. The molecule has 0 radical (unpaired) electrons. The smallest absolute Gasteiger partial charge is 0.264 e. The van der Waals surface area contributed by atoms with Crippen LogP contribution in [0.5, 0.6) is 0 Å². The minimum atomic E-state index is -3.43. The Labute approximate surface area is 96.3 Å². The molecule has 0 saturated heterocycles. The standard InChI is InChI=1S/C8H8BrClO3S/c1-14(11,12)13-5-6-3-2-4-7(9)8(6)10/h2-4H,5H2,1H3. The molecule has 1 aromatic carbocycles. The zero-order valence-corrected chi connectivity index (χ0v) is 10.5. The first-order valence-corrected chi connectivity index (χ1v) is 6.66. The van der Waals surface area contributed by atoms with E-state index in [0.29, 0.717) is 15.1 Å². The molecule has 14 heavy (non-hydrogen) atoms. The van der Waals surface area contributed by atoms with E-state index < -0.39 is 10.1 Å². The van der Waals surface area contributed by atoms with Gasteiger partial charge in [0.25, 0.3) is 10.1 Å². The van der Waals surface area contributed by atoms with E-state index in [4.69, 9.17) is 11.6 Å². The van der Waals surface area contributed by atoms with Crippen LogP contribution in [0.3, 0.4) is 0 Å². The minimum absolute atomic E-state index is 0.0445. The predicted molar refractivity (Wildman–Crippen MR) is 58.8 cm³/mol. The third-order valence-corrected chi connectivity index (χ3v) is 3.34. The number of hydrogen-bond acceptors (Lipinski definition) is 3. The zero-order chi connectivity index (χ0) is 10.8. The highest BCUT2D eigenvalue weighted by Crippen LogP contribution is 2.26. The maximum absolute atomic E-state index is 10.7. The lowest BCUT2D eigenvalue weighted by molar-refractivity contribution is 0.312. The van der Waals surface area contributed by atoms with Crippen LogP contribution in [0.2, 0.25) is 5.02 Å². The Balaban J connectivity index is 2.83.